The standard InChI is InChI=1S/C10H12BrClO3S/c1-2-16(14,15)10(11)9(13)7-3-5-8(12)6-4-7/h3-6,9-10,13H,2H2,1H3/t9-,10+/m1/s1. The van der Waals surface area contributed by atoms with Crippen molar-refractivity contribution in [2.45, 2.75) is 17.2 Å². The van der Waals surface area contributed by atoms with Gasteiger partial charge in [-0.1, -0.05) is 46.6 Å². The lowest BCUT2D eigenvalue weighted by Crippen LogP contribution is -2.24. The molecule has 0 saturated heterocycles. The molecule has 0 aromatic heterocycles. The van der Waals surface area contributed by atoms with Crippen molar-refractivity contribution in [3.05, 3.63) is 34.9 Å². The van der Waals surface area contributed by atoms with Crippen molar-refractivity contribution >= 4 is 37.4 Å². The van der Waals surface area contributed by atoms with Crippen LogP contribution in [0.5, 0.6) is 0 Å². The predicted octanol–water partition coefficient (Wildman–Crippen LogP) is 2.53. The van der Waals surface area contributed by atoms with Crippen LogP contribution in [0.25, 0.3) is 0 Å². The normalized spacial score (nSPS) is 15.8. The topological polar surface area (TPSA) is 54.4 Å². The maximum Gasteiger partial charge on any atom is 0.165 e. The van der Waals surface area contributed by atoms with Crippen molar-refractivity contribution in [1.82, 2.24) is 0 Å². The van der Waals surface area contributed by atoms with E-state index in [-0.39, 0.29) is 5.75 Å². The maximum absolute atomic E-state index is 11.5. The van der Waals surface area contributed by atoms with Crippen molar-refractivity contribution < 1.29 is 13.5 Å². The number of alkyl halides is 1. The number of benzene rings is 1. The Morgan fingerprint density at radius 3 is 2.31 bits per heavy atom. The molecule has 1 aromatic rings. The zero-order chi connectivity index (χ0) is 12.3. The van der Waals surface area contributed by atoms with Crippen molar-refractivity contribution in [3.63, 3.8) is 0 Å². The second kappa shape index (κ2) is 5.49. The second-order valence-corrected chi connectivity index (χ2v) is 7.74. The molecule has 2 atom stereocenters. The molecule has 0 radical (unpaired) electrons. The third-order valence-electron chi connectivity index (χ3n) is 2.21. The minimum atomic E-state index is -3.32. The van der Waals surface area contributed by atoms with E-state index < -0.39 is 20.1 Å². The highest BCUT2D eigenvalue weighted by Crippen LogP contribution is 2.27. The van der Waals surface area contributed by atoms with Gasteiger partial charge in [0.25, 0.3) is 0 Å². The highest BCUT2D eigenvalue weighted by molar-refractivity contribution is 9.11. The maximum atomic E-state index is 11.5. The van der Waals surface area contributed by atoms with Crippen molar-refractivity contribution in [1.29, 1.82) is 0 Å². The molecule has 0 fully saturated rings. The van der Waals surface area contributed by atoms with Gasteiger partial charge in [-0.05, 0) is 17.7 Å². The van der Waals surface area contributed by atoms with E-state index in [0.29, 0.717) is 10.6 Å². The van der Waals surface area contributed by atoms with Crippen LogP contribution < -0.4 is 0 Å². The number of hydrogen-bond donors (Lipinski definition) is 1. The molecule has 1 aromatic carbocycles. The summed E-state index contributed by atoms with van der Waals surface area (Å²) in [5, 5.41) is 10.4. The van der Waals surface area contributed by atoms with E-state index in [9.17, 15) is 13.5 Å². The molecule has 1 N–H and O–H groups in total. The van der Waals surface area contributed by atoms with Gasteiger partial charge in [0.1, 0.15) is 10.3 Å². The van der Waals surface area contributed by atoms with Crippen molar-refractivity contribution in [2.75, 3.05) is 5.75 Å². The van der Waals surface area contributed by atoms with Gasteiger partial charge >= 0.3 is 0 Å². The molecule has 0 aliphatic carbocycles. The van der Waals surface area contributed by atoms with E-state index in [4.69, 9.17) is 11.6 Å². The van der Waals surface area contributed by atoms with Crippen molar-refractivity contribution in [3.8, 4) is 0 Å². The van der Waals surface area contributed by atoms with Crippen LogP contribution >= 0.6 is 27.5 Å². The number of aliphatic hydroxyl groups excluding tert-OH is 1. The van der Waals surface area contributed by atoms with E-state index >= 15 is 0 Å². The third kappa shape index (κ3) is 3.20. The lowest BCUT2D eigenvalue weighted by Gasteiger charge is -2.17. The zero-order valence-electron chi connectivity index (χ0n) is 8.60. The molecule has 0 heterocycles. The predicted molar refractivity (Wildman–Crippen MR) is 68.6 cm³/mol. The Kier molecular flexibility index (Phi) is 4.79. The minimum absolute atomic E-state index is 0.0203. The van der Waals surface area contributed by atoms with Crippen LogP contribution in [0.2, 0.25) is 5.02 Å². The second-order valence-electron chi connectivity index (χ2n) is 3.30. The first-order valence-electron chi connectivity index (χ1n) is 4.67. The van der Waals surface area contributed by atoms with Gasteiger partial charge in [-0.2, -0.15) is 0 Å². The Morgan fingerprint density at radius 1 is 1.38 bits per heavy atom. The summed E-state index contributed by atoms with van der Waals surface area (Å²) >= 11 is 8.71. The average molecular weight is 328 g/mol. The molecule has 0 spiro atoms. The first-order valence-corrected chi connectivity index (χ1v) is 7.68. The fourth-order valence-electron chi connectivity index (χ4n) is 1.17. The quantitative estimate of drug-likeness (QED) is 0.865. The third-order valence-corrected chi connectivity index (χ3v) is 6.42. The lowest BCUT2D eigenvalue weighted by atomic mass is 10.1. The van der Waals surface area contributed by atoms with Crippen molar-refractivity contribution in [2.24, 2.45) is 0 Å². The number of hydrogen-bond acceptors (Lipinski definition) is 3. The van der Waals surface area contributed by atoms with E-state index in [1.54, 1.807) is 24.3 Å². The van der Waals surface area contributed by atoms with Gasteiger partial charge in [-0.3, -0.25) is 0 Å². The van der Waals surface area contributed by atoms with Gasteiger partial charge in [0.15, 0.2) is 9.84 Å². The van der Waals surface area contributed by atoms with Crippen LogP contribution in [0.15, 0.2) is 24.3 Å². The Morgan fingerprint density at radius 2 is 1.88 bits per heavy atom. The van der Waals surface area contributed by atoms with E-state index in [2.05, 4.69) is 15.9 Å². The van der Waals surface area contributed by atoms with Crippen LogP contribution in [0.1, 0.15) is 18.6 Å². The van der Waals surface area contributed by atoms with E-state index in [1.807, 2.05) is 0 Å². The number of sulfone groups is 1. The van der Waals surface area contributed by atoms with Gasteiger partial charge in [0.2, 0.25) is 0 Å². The Hall–Kier alpha value is -0.100. The molecule has 0 unspecified atom stereocenters. The molecular formula is C10H12BrClO3S. The fourth-order valence-corrected chi connectivity index (χ4v) is 3.26. The van der Waals surface area contributed by atoms with Crippen LogP contribution in [-0.2, 0) is 9.84 Å². The molecule has 0 saturated carbocycles. The van der Waals surface area contributed by atoms with Gasteiger partial charge in [0, 0.05) is 10.8 Å². The number of aliphatic hydroxyl groups is 1. The Balaban J connectivity index is 2.94. The summed E-state index contributed by atoms with van der Waals surface area (Å²) in [4.78, 5) is 0. The summed E-state index contributed by atoms with van der Waals surface area (Å²) in [7, 11) is -3.32. The molecule has 6 heteroatoms. The Bertz CT molecular complexity index is 444. The molecule has 0 bridgehead atoms. The van der Waals surface area contributed by atoms with Crippen LogP contribution in [0.4, 0.5) is 0 Å². The lowest BCUT2D eigenvalue weighted by molar-refractivity contribution is 0.195. The summed E-state index contributed by atoms with van der Waals surface area (Å²) in [5.74, 6) is -0.0203. The molecule has 0 amide bonds. The zero-order valence-corrected chi connectivity index (χ0v) is 11.8. The van der Waals surface area contributed by atoms with Gasteiger partial charge < -0.3 is 5.11 Å². The van der Waals surface area contributed by atoms with E-state index in [1.165, 1.54) is 6.92 Å². The van der Waals surface area contributed by atoms with Gasteiger partial charge in [0.05, 0.1) is 0 Å². The molecule has 0 aliphatic rings. The molecule has 0 aliphatic heterocycles. The molecule has 90 valence electrons. The van der Waals surface area contributed by atoms with Crippen LogP contribution in [0.3, 0.4) is 0 Å². The summed E-state index contributed by atoms with van der Waals surface area (Å²) in [6, 6.07) is 6.43. The SMILES string of the molecule is CCS(=O)(=O)[C@H](Br)[C@H](O)c1ccc(Cl)cc1. The average Bonchev–Trinajstić information content (AvgIpc) is 2.28. The van der Waals surface area contributed by atoms with Gasteiger partial charge in [-0.25, -0.2) is 8.42 Å². The molecule has 16 heavy (non-hydrogen) atoms. The number of rotatable bonds is 4. The van der Waals surface area contributed by atoms with Crippen LogP contribution in [-0.4, -0.2) is 23.4 Å². The molecular weight excluding hydrogens is 316 g/mol. The highest BCUT2D eigenvalue weighted by Gasteiger charge is 2.29. The summed E-state index contributed by atoms with van der Waals surface area (Å²) < 4.78 is 22.1. The monoisotopic (exact) mass is 326 g/mol. The Labute approximate surface area is 108 Å². The van der Waals surface area contributed by atoms with Gasteiger partial charge in [-0.15, -0.1) is 0 Å². The highest BCUT2D eigenvalue weighted by atomic mass is 79.9. The fraction of sp³-hybridized carbons (Fsp3) is 0.400. The van der Waals surface area contributed by atoms with Crippen LogP contribution in [0, 0.1) is 0 Å². The summed E-state index contributed by atoms with van der Waals surface area (Å²) in [6.45, 7) is 1.54. The minimum Gasteiger partial charge on any atom is -0.386 e. The molecule has 1 rings (SSSR count). The first kappa shape index (κ1) is 14.0. The first-order chi connectivity index (χ1) is 7.38. The number of halogens is 2. The largest absolute Gasteiger partial charge is 0.386 e. The summed E-state index contributed by atoms with van der Waals surface area (Å²) in [6.07, 6.45) is -1.10. The smallest absolute Gasteiger partial charge is 0.165 e. The molecule has 3 nitrogen and oxygen atoms in total. The summed E-state index contributed by atoms with van der Waals surface area (Å²) in [5.41, 5.74) is 0.517. The van der Waals surface area contributed by atoms with E-state index in [0.717, 1.165) is 0 Å².